The minimum Gasteiger partial charge on any atom is -0.506 e. The second-order valence-electron chi connectivity index (χ2n) is 10.4. The summed E-state index contributed by atoms with van der Waals surface area (Å²) >= 11 is 0. The number of hydrogen-bond acceptors (Lipinski definition) is 4. The van der Waals surface area contributed by atoms with Crippen LogP contribution in [0.3, 0.4) is 0 Å². The monoisotopic (exact) mass is 693 g/mol. The molecule has 6 heteroatoms. The zero-order chi connectivity index (χ0) is 25.8. The van der Waals surface area contributed by atoms with Gasteiger partial charge in [-0.1, -0.05) is 42.6 Å². The number of pyridine rings is 2. The Morgan fingerprint density at radius 3 is 2.51 bits per heavy atom. The minimum atomic E-state index is 0. The number of aromatic hydroxyl groups is 1. The van der Waals surface area contributed by atoms with Crippen LogP contribution in [0.1, 0.15) is 48.3 Å². The summed E-state index contributed by atoms with van der Waals surface area (Å²) in [6.07, 6.45) is 6.59. The van der Waals surface area contributed by atoms with E-state index in [0.717, 1.165) is 51.4 Å². The molecule has 5 nitrogen and oxygen atoms in total. The van der Waals surface area contributed by atoms with E-state index in [1.54, 1.807) is 6.07 Å². The van der Waals surface area contributed by atoms with Gasteiger partial charge >= 0.3 is 0 Å². The molecule has 7 rings (SSSR count). The van der Waals surface area contributed by atoms with Gasteiger partial charge in [0.05, 0.1) is 0 Å². The van der Waals surface area contributed by atoms with Crippen LogP contribution in [0.25, 0.3) is 38.5 Å². The first kappa shape index (κ1) is 25.6. The van der Waals surface area contributed by atoms with Gasteiger partial charge in [0, 0.05) is 50.0 Å². The Hall–Kier alpha value is -3.69. The third-order valence-corrected chi connectivity index (χ3v) is 7.77. The molecular weight excluding hydrogens is 665 g/mol. The molecule has 0 spiro atoms. The first-order valence-electron chi connectivity index (χ1n) is 13.3. The SMILES string of the molecule is Cc1ccnc(-n2c3[c-]c(Oc4cc(C5CCCC5)c5cccc(O)c5n4)ccc3c3ccc(C)cc32)c1.[Pt]. The standard InChI is InChI=1S/C33H28N3O2.Pt/c1-20-10-12-24-25-13-11-23(18-29(25)36(28(24)16-20)31-17-21(2)14-15-34-31)38-32-19-27(22-6-3-4-7-22)26-8-5-9-30(37)33(26)35-32;/h5,8-17,19,22,37H,3-4,6-7H2,1-2H3;/q-1;. The van der Waals surface area contributed by atoms with E-state index in [0.29, 0.717) is 23.1 Å². The number of ether oxygens (including phenoxy) is 1. The molecule has 1 fully saturated rings. The predicted octanol–water partition coefficient (Wildman–Crippen LogP) is 8.30. The topological polar surface area (TPSA) is 60.2 Å². The minimum absolute atomic E-state index is 0. The molecule has 0 radical (unpaired) electrons. The number of rotatable bonds is 4. The van der Waals surface area contributed by atoms with Gasteiger partial charge in [-0.25, -0.2) is 9.97 Å². The quantitative estimate of drug-likeness (QED) is 0.189. The summed E-state index contributed by atoms with van der Waals surface area (Å²) in [5.74, 6) is 2.53. The smallest absolute Gasteiger partial charge is 0.217 e. The average Bonchev–Trinajstić information content (AvgIpc) is 3.55. The van der Waals surface area contributed by atoms with Crippen LogP contribution in [-0.4, -0.2) is 19.6 Å². The van der Waals surface area contributed by atoms with E-state index in [4.69, 9.17) is 9.72 Å². The molecule has 3 aromatic carbocycles. The number of phenolic OH excluding ortho intramolecular Hbond substituents is 1. The molecule has 0 atom stereocenters. The van der Waals surface area contributed by atoms with Gasteiger partial charge in [-0.15, -0.1) is 17.5 Å². The van der Waals surface area contributed by atoms with Crippen molar-refractivity contribution in [2.24, 2.45) is 0 Å². The van der Waals surface area contributed by atoms with Crippen molar-refractivity contribution >= 4 is 32.7 Å². The van der Waals surface area contributed by atoms with Crippen molar-refractivity contribution in [2.75, 3.05) is 0 Å². The second kappa shape index (κ2) is 10.1. The van der Waals surface area contributed by atoms with Gasteiger partial charge in [0.25, 0.3) is 0 Å². The van der Waals surface area contributed by atoms with E-state index in [9.17, 15) is 5.11 Å². The zero-order valence-electron chi connectivity index (χ0n) is 21.8. The number of para-hydroxylation sites is 1. The van der Waals surface area contributed by atoms with Gasteiger partial charge in [-0.3, -0.25) is 0 Å². The molecule has 1 aliphatic carbocycles. The summed E-state index contributed by atoms with van der Waals surface area (Å²) in [5, 5.41) is 13.9. The van der Waals surface area contributed by atoms with Crippen LogP contribution in [0.5, 0.6) is 17.4 Å². The van der Waals surface area contributed by atoms with Crippen LogP contribution in [-0.2, 0) is 21.1 Å². The Morgan fingerprint density at radius 1 is 0.897 bits per heavy atom. The molecule has 0 bridgehead atoms. The Labute approximate surface area is 241 Å². The molecule has 3 aromatic heterocycles. The van der Waals surface area contributed by atoms with Crippen LogP contribution in [0.15, 0.2) is 72.9 Å². The Bertz CT molecular complexity index is 1850. The van der Waals surface area contributed by atoms with E-state index in [-0.39, 0.29) is 26.8 Å². The number of phenols is 1. The largest absolute Gasteiger partial charge is 0.506 e. The molecular formula is C33H28N3O2Pt-. The predicted molar refractivity (Wildman–Crippen MR) is 152 cm³/mol. The van der Waals surface area contributed by atoms with Crippen LogP contribution in [0.2, 0.25) is 0 Å². The number of benzene rings is 3. The fourth-order valence-corrected chi connectivity index (χ4v) is 5.95. The average molecular weight is 694 g/mol. The van der Waals surface area contributed by atoms with Crippen LogP contribution < -0.4 is 4.74 Å². The van der Waals surface area contributed by atoms with Gasteiger partial charge in [0.1, 0.15) is 17.1 Å². The number of hydrogen-bond donors (Lipinski definition) is 1. The van der Waals surface area contributed by atoms with Crippen molar-refractivity contribution in [3.63, 3.8) is 0 Å². The van der Waals surface area contributed by atoms with Crippen LogP contribution in [0, 0.1) is 19.9 Å². The maximum atomic E-state index is 10.6. The molecule has 0 amide bonds. The number of fused-ring (bicyclic) bond motifs is 4. The van der Waals surface area contributed by atoms with Crippen LogP contribution in [0.4, 0.5) is 0 Å². The Morgan fingerprint density at radius 2 is 1.69 bits per heavy atom. The fourth-order valence-electron chi connectivity index (χ4n) is 5.95. The van der Waals surface area contributed by atoms with E-state index < -0.39 is 0 Å². The third-order valence-electron chi connectivity index (χ3n) is 7.77. The van der Waals surface area contributed by atoms with Gasteiger partial charge in [0.2, 0.25) is 5.88 Å². The summed E-state index contributed by atoms with van der Waals surface area (Å²) in [4.78, 5) is 9.40. The van der Waals surface area contributed by atoms with E-state index in [1.165, 1.54) is 24.0 Å². The fraction of sp³-hybridized carbons (Fsp3) is 0.212. The molecule has 6 aromatic rings. The van der Waals surface area contributed by atoms with Gasteiger partial charge < -0.3 is 14.4 Å². The summed E-state index contributed by atoms with van der Waals surface area (Å²) in [6, 6.07) is 25.8. The van der Waals surface area contributed by atoms with Crippen molar-refractivity contribution in [2.45, 2.75) is 45.4 Å². The van der Waals surface area contributed by atoms with E-state index in [1.807, 2.05) is 30.5 Å². The first-order valence-corrected chi connectivity index (χ1v) is 13.3. The van der Waals surface area contributed by atoms with E-state index in [2.05, 4.69) is 65.9 Å². The molecule has 198 valence electrons. The summed E-state index contributed by atoms with van der Waals surface area (Å²) in [5.41, 5.74) is 6.11. The van der Waals surface area contributed by atoms with Gasteiger partial charge in [-0.05, 0) is 78.9 Å². The molecule has 0 unspecified atom stereocenters. The van der Waals surface area contributed by atoms with Gasteiger partial charge in [0.15, 0.2) is 0 Å². The Balaban J connectivity index is 0.00000277. The second-order valence-corrected chi connectivity index (χ2v) is 10.4. The number of nitrogens with zero attached hydrogens (tertiary/aromatic N) is 3. The maximum absolute atomic E-state index is 10.6. The van der Waals surface area contributed by atoms with Crippen molar-refractivity contribution in [3.8, 4) is 23.2 Å². The van der Waals surface area contributed by atoms with Crippen molar-refractivity contribution in [1.29, 1.82) is 0 Å². The maximum Gasteiger partial charge on any atom is 0.217 e. The van der Waals surface area contributed by atoms with Crippen LogP contribution >= 0.6 is 0 Å². The summed E-state index contributed by atoms with van der Waals surface area (Å²) < 4.78 is 8.53. The Kier molecular flexibility index (Phi) is 6.64. The number of aromatic nitrogens is 3. The molecule has 3 heterocycles. The molecule has 0 saturated heterocycles. The van der Waals surface area contributed by atoms with Gasteiger partial charge in [-0.2, -0.15) is 6.07 Å². The van der Waals surface area contributed by atoms with Crippen molar-refractivity contribution in [3.05, 3.63) is 95.7 Å². The van der Waals surface area contributed by atoms with Crippen molar-refractivity contribution < 1.29 is 30.9 Å². The molecule has 1 saturated carbocycles. The molecule has 0 aliphatic heterocycles. The molecule has 39 heavy (non-hydrogen) atoms. The molecule has 1 aliphatic rings. The summed E-state index contributed by atoms with van der Waals surface area (Å²) in [6.45, 7) is 4.18. The number of aryl methyl sites for hydroxylation is 2. The normalized spacial score (nSPS) is 13.8. The first-order chi connectivity index (χ1) is 18.5. The third kappa shape index (κ3) is 4.49. The van der Waals surface area contributed by atoms with E-state index >= 15 is 0 Å². The summed E-state index contributed by atoms with van der Waals surface area (Å²) in [7, 11) is 0. The zero-order valence-corrected chi connectivity index (χ0v) is 24.1. The van der Waals surface area contributed by atoms with Crippen molar-refractivity contribution in [1.82, 2.24) is 14.5 Å². The molecule has 1 N–H and O–H groups in total.